The van der Waals surface area contributed by atoms with Crippen LogP contribution in [0.25, 0.3) is 31.3 Å². The Hall–Kier alpha value is -5.44. The summed E-state index contributed by atoms with van der Waals surface area (Å²) in [5.41, 5.74) is 10.7. The number of nitrogens with zero attached hydrogens (tertiary/aromatic N) is 1. The zero-order valence-electron chi connectivity index (χ0n) is 24.6. The van der Waals surface area contributed by atoms with Crippen molar-refractivity contribution in [3.8, 4) is 11.1 Å². The largest absolute Gasteiger partial charge is 0.310 e. The molecule has 7 aromatic carbocycles. The third-order valence-corrected chi connectivity index (χ3v) is 10.5. The molecule has 0 saturated carbocycles. The van der Waals surface area contributed by atoms with Crippen LogP contribution in [0.4, 0.5) is 17.1 Å². The van der Waals surface area contributed by atoms with Crippen molar-refractivity contribution in [2.45, 2.75) is 5.41 Å². The fourth-order valence-corrected chi connectivity index (χ4v) is 8.55. The van der Waals surface area contributed by atoms with Crippen LogP contribution in [0.15, 0.2) is 176 Å². The summed E-state index contributed by atoms with van der Waals surface area (Å²) in [6.45, 7) is 0. The summed E-state index contributed by atoms with van der Waals surface area (Å²) in [4.78, 5) is 2.36. The first-order valence-corrected chi connectivity index (χ1v) is 16.3. The van der Waals surface area contributed by atoms with Crippen molar-refractivity contribution in [2.75, 3.05) is 4.90 Å². The average molecular weight is 592 g/mol. The van der Waals surface area contributed by atoms with Crippen molar-refractivity contribution < 1.29 is 0 Å². The Labute approximate surface area is 267 Å². The maximum absolute atomic E-state index is 2.46. The minimum atomic E-state index is -0.487. The molecule has 2 heteroatoms. The van der Waals surface area contributed by atoms with Crippen LogP contribution in [0.1, 0.15) is 22.3 Å². The highest BCUT2D eigenvalue weighted by molar-refractivity contribution is 7.25. The van der Waals surface area contributed by atoms with E-state index in [1.807, 2.05) is 11.3 Å². The van der Waals surface area contributed by atoms with Gasteiger partial charge in [-0.15, -0.1) is 11.3 Å². The highest BCUT2D eigenvalue weighted by Crippen LogP contribution is 2.57. The number of hydrogen-bond donors (Lipinski definition) is 0. The molecule has 1 aromatic heterocycles. The molecule has 0 fully saturated rings. The van der Waals surface area contributed by atoms with Gasteiger partial charge in [-0.25, -0.2) is 0 Å². The Kier molecular flexibility index (Phi) is 5.97. The molecule has 0 amide bonds. The van der Waals surface area contributed by atoms with E-state index in [0.717, 1.165) is 17.1 Å². The van der Waals surface area contributed by atoms with E-state index in [2.05, 4.69) is 181 Å². The predicted octanol–water partition coefficient (Wildman–Crippen LogP) is 11.9. The minimum absolute atomic E-state index is 0.487. The number of hydrogen-bond acceptors (Lipinski definition) is 2. The lowest BCUT2D eigenvalue weighted by Gasteiger charge is -2.35. The van der Waals surface area contributed by atoms with Gasteiger partial charge in [-0.1, -0.05) is 121 Å². The molecule has 0 N–H and O–H groups in total. The minimum Gasteiger partial charge on any atom is -0.310 e. The molecule has 8 aromatic rings. The van der Waals surface area contributed by atoms with Crippen molar-refractivity contribution >= 4 is 48.6 Å². The molecule has 0 spiro atoms. The van der Waals surface area contributed by atoms with Gasteiger partial charge in [0.1, 0.15) is 0 Å². The van der Waals surface area contributed by atoms with Gasteiger partial charge in [-0.05, 0) is 88.0 Å². The Morgan fingerprint density at radius 2 is 0.911 bits per heavy atom. The number of rotatable bonds is 5. The lowest BCUT2D eigenvalue weighted by Crippen LogP contribution is -2.28. The summed E-state index contributed by atoms with van der Waals surface area (Å²) in [6.07, 6.45) is 0. The molecule has 0 saturated heterocycles. The van der Waals surface area contributed by atoms with E-state index < -0.39 is 5.41 Å². The molecule has 0 bridgehead atoms. The van der Waals surface area contributed by atoms with Crippen LogP contribution in [0.3, 0.4) is 0 Å². The second kappa shape index (κ2) is 10.3. The molecule has 1 aliphatic carbocycles. The van der Waals surface area contributed by atoms with E-state index in [-0.39, 0.29) is 0 Å². The van der Waals surface area contributed by atoms with Gasteiger partial charge >= 0.3 is 0 Å². The van der Waals surface area contributed by atoms with E-state index in [1.165, 1.54) is 53.6 Å². The Balaban J connectivity index is 1.36. The van der Waals surface area contributed by atoms with Crippen molar-refractivity contribution in [2.24, 2.45) is 0 Å². The lowest BCUT2D eigenvalue weighted by molar-refractivity contribution is 0.770. The Morgan fingerprint density at radius 3 is 1.60 bits per heavy atom. The highest BCUT2D eigenvalue weighted by atomic mass is 32.1. The Bertz CT molecular complexity index is 2250. The molecule has 1 nitrogen and oxygen atoms in total. The van der Waals surface area contributed by atoms with E-state index in [9.17, 15) is 0 Å². The summed E-state index contributed by atoms with van der Waals surface area (Å²) in [5, 5.41) is 2.64. The topological polar surface area (TPSA) is 3.24 Å². The molecule has 0 aliphatic heterocycles. The zero-order valence-corrected chi connectivity index (χ0v) is 25.4. The summed E-state index contributed by atoms with van der Waals surface area (Å²) in [5.74, 6) is 0. The normalized spacial score (nSPS) is 13.1. The molecule has 212 valence electrons. The predicted molar refractivity (Wildman–Crippen MR) is 191 cm³/mol. The van der Waals surface area contributed by atoms with Crippen LogP contribution in [-0.2, 0) is 5.41 Å². The van der Waals surface area contributed by atoms with Crippen LogP contribution >= 0.6 is 11.3 Å². The molecule has 0 atom stereocenters. The number of fused-ring (bicyclic) bond motifs is 6. The van der Waals surface area contributed by atoms with Crippen molar-refractivity contribution in [1.82, 2.24) is 0 Å². The highest BCUT2D eigenvalue weighted by Gasteiger charge is 2.46. The summed E-state index contributed by atoms with van der Waals surface area (Å²) >= 11 is 1.87. The molecule has 1 aliphatic rings. The SMILES string of the molecule is c1ccc(N(c2ccccc2)c2cccc(C3(c4ccc5sc6ccccc6c5c4)c4ccccc4-c4ccccc43)c2)cc1. The van der Waals surface area contributed by atoms with Crippen LogP contribution in [-0.4, -0.2) is 0 Å². The smallest absolute Gasteiger partial charge is 0.0714 e. The number of benzene rings is 7. The van der Waals surface area contributed by atoms with Gasteiger partial charge in [0.05, 0.1) is 5.41 Å². The standard InChI is InChI=1S/C43H29NS/c1-3-15-32(16-4-1)44(33-17-5-2-6-18-33)34-19-13-14-30(28-34)43(39-23-10-7-20-35(39)36-21-8-11-24-40(36)43)31-26-27-42-38(29-31)37-22-9-12-25-41(37)45-42/h1-29H. The van der Waals surface area contributed by atoms with Gasteiger partial charge in [0.15, 0.2) is 0 Å². The third-order valence-electron chi connectivity index (χ3n) is 9.33. The second-order valence-corrected chi connectivity index (χ2v) is 12.8. The van der Waals surface area contributed by atoms with E-state index >= 15 is 0 Å². The van der Waals surface area contributed by atoms with Gasteiger partial charge < -0.3 is 4.90 Å². The first-order valence-electron chi connectivity index (χ1n) is 15.4. The molecule has 0 unspecified atom stereocenters. The molecule has 9 rings (SSSR count). The van der Waals surface area contributed by atoms with E-state index in [1.54, 1.807) is 0 Å². The average Bonchev–Trinajstić information content (AvgIpc) is 3.63. The number of thiophene rings is 1. The van der Waals surface area contributed by atoms with Crippen molar-refractivity contribution in [1.29, 1.82) is 0 Å². The van der Waals surface area contributed by atoms with Gasteiger partial charge in [0, 0.05) is 37.2 Å². The van der Waals surface area contributed by atoms with Gasteiger partial charge in [0.2, 0.25) is 0 Å². The number of anilines is 3. The van der Waals surface area contributed by atoms with Gasteiger partial charge in [0.25, 0.3) is 0 Å². The van der Waals surface area contributed by atoms with Crippen LogP contribution in [0.5, 0.6) is 0 Å². The van der Waals surface area contributed by atoms with E-state index in [0.29, 0.717) is 0 Å². The first kappa shape index (κ1) is 26.0. The fraction of sp³-hybridized carbons (Fsp3) is 0.0233. The molecular formula is C43H29NS. The van der Waals surface area contributed by atoms with Crippen molar-refractivity contribution in [3.05, 3.63) is 198 Å². The summed E-state index contributed by atoms with van der Waals surface area (Å²) in [6, 6.07) is 64.5. The molecular weight excluding hydrogens is 563 g/mol. The molecule has 1 heterocycles. The van der Waals surface area contributed by atoms with Gasteiger partial charge in [-0.3, -0.25) is 0 Å². The van der Waals surface area contributed by atoms with Gasteiger partial charge in [-0.2, -0.15) is 0 Å². The van der Waals surface area contributed by atoms with Crippen LogP contribution in [0, 0.1) is 0 Å². The zero-order chi connectivity index (χ0) is 29.8. The quantitative estimate of drug-likeness (QED) is 0.192. The Morgan fingerprint density at radius 1 is 0.378 bits per heavy atom. The van der Waals surface area contributed by atoms with Crippen molar-refractivity contribution in [3.63, 3.8) is 0 Å². The van der Waals surface area contributed by atoms with E-state index in [4.69, 9.17) is 0 Å². The molecule has 45 heavy (non-hydrogen) atoms. The second-order valence-electron chi connectivity index (χ2n) is 11.7. The lowest BCUT2D eigenvalue weighted by atomic mass is 9.67. The summed E-state index contributed by atoms with van der Waals surface area (Å²) < 4.78 is 2.65. The third kappa shape index (κ3) is 3.93. The maximum Gasteiger partial charge on any atom is 0.0714 e. The summed E-state index contributed by atoms with van der Waals surface area (Å²) in [7, 11) is 0. The first-order chi connectivity index (χ1) is 22.3. The molecule has 0 radical (unpaired) electrons. The monoisotopic (exact) mass is 591 g/mol. The number of para-hydroxylation sites is 2. The maximum atomic E-state index is 2.46. The van der Waals surface area contributed by atoms with Crippen LogP contribution in [0.2, 0.25) is 0 Å². The fourth-order valence-electron chi connectivity index (χ4n) is 7.46. The van der Waals surface area contributed by atoms with Crippen LogP contribution < -0.4 is 4.90 Å².